The zero-order valence-corrected chi connectivity index (χ0v) is 13.5. The highest BCUT2D eigenvalue weighted by Crippen LogP contribution is 2.36. The predicted octanol–water partition coefficient (Wildman–Crippen LogP) is 2.67. The Morgan fingerprint density at radius 3 is 2.52 bits per heavy atom. The van der Waals surface area contributed by atoms with E-state index in [1.165, 1.54) is 16.0 Å². The molecule has 0 bridgehead atoms. The molecule has 2 aromatic rings. The van der Waals surface area contributed by atoms with Gasteiger partial charge in [-0.1, -0.05) is 29.5 Å². The Bertz CT molecular complexity index is 909. The lowest BCUT2D eigenvalue weighted by Crippen LogP contribution is -2.39. The van der Waals surface area contributed by atoms with Gasteiger partial charge in [0.2, 0.25) is 0 Å². The molecule has 124 valence electrons. The fourth-order valence-electron chi connectivity index (χ4n) is 3.91. The van der Waals surface area contributed by atoms with Gasteiger partial charge in [-0.15, -0.1) is 0 Å². The van der Waals surface area contributed by atoms with E-state index in [1.807, 2.05) is 48.5 Å². The first kappa shape index (κ1) is 14.3. The van der Waals surface area contributed by atoms with Gasteiger partial charge in [0.05, 0.1) is 11.4 Å². The van der Waals surface area contributed by atoms with E-state index in [-0.39, 0.29) is 11.8 Å². The molecule has 2 aromatic carbocycles. The zero-order valence-electron chi connectivity index (χ0n) is 13.5. The molecule has 1 fully saturated rings. The number of amides is 2. The van der Waals surface area contributed by atoms with Gasteiger partial charge < -0.3 is 0 Å². The molecule has 2 amide bonds. The van der Waals surface area contributed by atoms with Crippen molar-refractivity contribution >= 4 is 23.2 Å². The Morgan fingerprint density at radius 2 is 1.68 bits per heavy atom. The zero-order chi connectivity index (χ0) is 17.0. The van der Waals surface area contributed by atoms with Crippen LogP contribution < -0.4 is 9.91 Å². The summed E-state index contributed by atoms with van der Waals surface area (Å²) in [5, 5.41) is 9.70. The lowest BCUT2D eigenvalue weighted by atomic mass is 10.1. The van der Waals surface area contributed by atoms with Gasteiger partial charge in [-0.3, -0.25) is 9.59 Å². The molecule has 1 saturated heterocycles. The van der Waals surface area contributed by atoms with Crippen molar-refractivity contribution in [3.8, 4) is 0 Å². The van der Waals surface area contributed by atoms with Crippen molar-refractivity contribution in [2.75, 3.05) is 9.91 Å². The van der Waals surface area contributed by atoms with Gasteiger partial charge in [0.15, 0.2) is 12.1 Å². The van der Waals surface area contributed by atoms with Crippen molar-refractivity contribution in [1.29, 1.82) is 0 Å². The Morgan fingerprint density at radius 1 is 0.880 bits per heavy atom. The minimum Gasteiger partial charge on any atom is -0.271 e. The summed E-state index contributed by atoms with van der Waals surface area (Å²) in [5.74, 6) is -0.558. The number of imide groups is 1. The highest BCUT2D eigenvalue weighted by molar-refractivity contribution is 6.26. The maximum atomic E-state index is 13.0. The van der Waals surface area contributed by atoms with Crippen LogP contribution in [0.2, 0.25) is 0 Å². The van der Waals surface area contributed by atoms with Crippen LogP contribution in [-0.4, -0.2) is 23.9 Å². The molecular weight excluding hydrogens is 316 g/mol. The molecule has 25 heavy (non-hydrogen) atoms. The maximum Gasteiger partial charge on any atom is 0.263 e. The number of anilines is 2. The number of rotatable bonds is 2. The van der Waals surface area contributed by atoms with Crippen molar-refractivity contribution in [2.45, 2.75) is 31.3 Å². The van der Waals surface area contributed by atoms with Crippen LogP contribution in [-0.2, 0) is 22.4 Å². The van der Waals surface area contributed by atoms with Crippen LogP contribution in [0.1, 0.15) is 17.5 Å². The summed E-state index contributed by atoms with van der Waals surface area (Å²) in [4.78, 5) is 27.1. The molecule has 6 nitrogen and oxygen atoms in total. The van der Waals surface area contributed by atoms with E-state index in [2.05, 4.69) is 10.3 Å². The van der Waals surface area contributed by atoms with E-state index < -0.39 is 12.1 Å². The van der Waals surface area contributed by atoms with Gasteiger partial charge in [-0.05, 0) is 54.7 Å². The third-order valence-electron chi connectivity index (χ3n) is 5.14. The molecule has 0 radical (unpaired) electrons. The molecule has 2 heterocycles. The van der Waals surface area contributed by atoms with Crippen molar-refractivity contribution in [3.05, 3.63) is 59.7 Å². The summed E-state index contributed by atoms with van der Waals surface area (Å²) in [5.41, 5.74) is 3.95. The van der Waals surface area contributed by atoms with Crippen molar-refractivity contribution < 1.29 is 9.59 Å². The van der Waals surface area contributed by atoms with Gasteiger partial charge in [0.25, 0.3) is 11.8 Å². The van der Waals surface area contributed by atoms with E-state index in [0.29, 0.717) is 5.69 Å². The molecule has 5 rings (SSSR count). The Labute approximate surface area is 144 Å². The smallest absolute Gasteiger partial charge is 0.263 e. The van der Waals surface area contributed by atoms with Gasteiger partial charge in [-0.2, -0.15) is 5.11 Å². The lowest BCUT2D eigenvalue weighted by Gasteiger charge is -2.20. The molecule has 6 heteroatoms. The molecule has 2 aliphatic heterocycles. The number of para-hydroxylation sites is 1. The average molecular weight is 332 g/mol. The van der Waals surface area contributed by atoms with Gasteiger partial charge in [0, 0.05) is 0 Å². The van der Waals surface area contributed by atoms with E-state index in [4.69, 9.17) is 0 Å². The van der Waals surface area contributed by atoms with Crippen LogP contribution >= 0.6 is 0 Å². The highest BCUT2D eigenvalue weighted by Gasteiger charge is 2.55. The first-order valence-corrected chi connectivity index (χ1v) is 8.49. The highest BCUT2D eigenvalue weighted by atomic mass is 16.2. The van der Waals surface area contributed by atoms with E-state index >= 15 is 0 Å². The second-order valence-electron chi connectivity index (χ2n) is 6.59. The monoisotopic (exact) mass is 332 g/mol. The first-order chi connectivity index (χ1) is 12.2. The van der Waals surface area contributed by atoms with Gasteiger partial charge in [-0.25, -0.2) is 9.91 Å². The summed E-state index contributed by atoms with van der Waals surface area (Å²) in [6.45, 7) is 0. The summed E-state index contributed by atoms with van der Waals surface area (Å²) in [6.07, 6.45) is 3.20. The number of hydrogen-bond acceptors (Lipinski definition) is 5. The summed E-state index contributed by atoms with van der Waals surface area (Å²) >= 11 is 0. The van der Waals surface area contributed by atoms with E-state index in [0.717, 1.165) is 24.9 Å². The summed E-state index contributed by atoms with van der Waals surface area (Å²) in [6, 6.07) is 13.8. The molecule has 3 aliphatic rings. The number of aryl methyl sites for hydroxylation is 2. The topological polar surface area (TPSA) is 65.3 Å². The fourth-order valence-corrected chi connectivity index (χ4v) is 3.91. The van der Waals surface area contributed by atoms with Crippen LogP contribution in [0, 0.1) is 0 Å². The Kier molecular flexibility index (Phi) is 3.00. The molecule has 0 saturated carbocycles. The van der Waals surface area contributed by atoms with Crippen molar-refractivity contribution in [1.82, 2.24) is 0 Å². The molecular formula is C19H16N4O2. The molecule has 0 spiro atoms. The first-order valence-electron chi connectivity index (χ1n) is 8.49. The molecule has 0 N–H and O–H groups in total. The van der Waals surface area contributed by atoms with Crippen LogP contribution in [0.5, 0.6) is 0 Å². The third-order valence-corrected chi connectivity index (χ3v) is 5.14. The predicted molar refractivity (Wildman–Crippen MR) is 92.3 cm³/mol. The summed E-state index contributed by atoms with van der Waals surface area (Å²) < 4.78 is 0. The SMILES string of the molecule is O=C1[C@H]2N=NN(c3ccccc3)[C@@H]2C(=O)N1c1ccc2c(c1)CCC2. The van der Waals surface area contributed by atoms with E-state index in [9.17, 15) is 9.59 Å². The van der Waals surface area contributed by atoms with Crippen LogP contribution in [0.3, 0.4) is 0 Å². The molecule has 2 atom stereocenters. The minimum absolute atomic E-state index is 0.262. The largest absolute Gasteiger partial charge is 0.271 e. The van der Waals surface area contributed by atoms with Crippen LogP contribution in [0.15, 0.2) is 58.9 Å². The Hall–Kier alpha value is -3.02. The number of fused-ring (bicyclic) bond motifs is 2. The number of carbonyl (C=O) groups is 2. The number of hydrogen-bond donors (Lipinski definition) is 0. The standard InChI is InChI=1S/C19H16N4O2/c24-18-16-17(23(21-20-16)14-7-2-1-3-8-14)19(25)22(18)15-10-9-12-5-4-6-13(12)11-15/h1-3,7-11,16-17H,4-6H2/t16-,17-/m0/s1. The molecule has 0 aromatic heterocycles. The quantitative estimate of drug-likeness (QED) is 0.794. The summed E-state index contributed by atoms with van der Waals surface area (Å²) in [7, 11) is 0. The lowest BCUT2D eigenvalue weighted by molar-refractivity contribution is -0.121. The van der Waals surface area contributed by atoms with Crippen molar-refractivity contribution in [3.63, 3.8) is 0 Å². The van der Waals surface area contributed by atoms with Crippen LogP contribution in [0.4, 0.5) is 11.4 Å². The maximum absolute atomic E-state index is 13.0. The van der Waals surface area contributed by atoms with E-state index in [1.54, 1.807) is 5.01 Å². The van der Waals surface area contributed by atoms with Crippen molar-refractivity contribution in [2.24, 2.45) is 10.3 Å². The fraction of sp³-hybridized carbons (Fsp3) is 0.263. The van der Waals surface area contributed by atoms with Crippen LogP contribution in [0.25, 0.3) is 0 Å². The number of benzene rings is 2. The van der Waals surface area contributed by atoms with Gasteiger partial charge >= 0.3 is 0 Å². The second-order valence-corrected chi connectivity index (χ2v) is 6.59. The number of carbonyl (C=O) groups excluding carboxylic acids is 2. The number of nitrogens with zero attached hydrogens (tertiary/aromatic N) is 4. The normalized spacial score (nSPS) is 24.2. The third kappa shape index (κ3) is 2.03. The second kappa shape index (κ2) is 5.24. The van der Waals surface area contributed by atoms with Gasteiger partial charge in [0.1, 0.15) is 0 Å². The minimum atomic E-state index is -0.763. The molecule has 0 unspecified atom stereocenters. The average Bonchev–Trinajstić information content (AvgIpc) is 3.33. The molecule has 1 aliphatic carbocycles. The Balaban J connectivity index is 1.51.